The summed E-state index contributed by atoms with van der Waals surface area (Å²) in [5, 5.41) is 0. The van der Waals surface area contributed by atoms with Crippen LogP contribution in [-0.2, 0) is 16.0 Å². The Morgan fingerprint density at radius 3 is 2.69 bits per heavy atom. The van der Waals surface area contributed by atoms with E-state index in [-0.39, 0.29) is 6.29 Å². The maximum atomic E-state index is 5.43. The van der Waals surface area contributed by atoms with Gasteiger partial charge < -0.3 is 15.2 Å². The number of pyridine rings is 1. The third-order valence-electron chi connectivity index (χ3n) is 1.95. The van der Waals surface area contributed by atoms with Crippen LogP contribution in [0.4, 0.5) is 0 Å². The van der Waals surface area contributed by atoms with Crippen LogP contribution < -0.4 is 5.73 Å². The molecule has 4 heteroatoms. The minimum Gasteiger partial charge on any atom is -0.346 e. The van der Waals surface area contributed by atoms with Gasteiger partial charge in [-0.3, -0.25) is 4.98 Å². The number of aromatic nitrogens is 1. The molecule has 1 aliphatic heterocycles. The summed E-state index contributed by atoms with van der Waals surface area (Å²) in [6, 6.07) is 3.82. The molecule has 0 bridgehead atoms. The van der Waals surface area contributed by atoms with Gasteiger partial charge in [0.25, 0.3) is 0 Å². The summed E-state index contributed by atoms with van der Waals surface area (Å²) in [6.07, 6.45) is 1.51. The minimum atomic E-state index is -0.237. The molecule has 2 heterocycles. The summed E-state index contributed by atoms with van der Waals surface area (Å²) in [4.78, 5) is 4.16. The van der Waals surface area contributed by atoms with E-state index in [1.807, 2.05) is 12.1 Å². The average molecular weight is 180 g/mol. The molecule has 0 amide bonds. The van der Waals surface area contributed by atoms with Crippen LogP contribution in [0.15, 0.2) is 18.3 Å². The van der Waals surface area contributed by atoms with E-state index < -0.39 is 0 Å². The molecular formula is C9H12N2O2. The first-order chi connectivity index (χ1) is 6.40. The number of hydrogen-bond acceptors (Lipinski definition) is 4. The van der Waals surface area contributed by atoms with Crippen LogP contribution in [0, 0.1) is 0 Å². The first-order valence-corrected chi connectivity index (χ1v) is 4.28. The van der Waals surface area contributed by atoms with Gasteiger partial charge in [0.05, 0.1) is 18.9 Å². The van der Waals surface area contributed by atoms with Gasteiger partial charge in [0.15, 0.2) is 6.29 Å². The van der Waals surface area contributed by atoms with E-state index in [2.05, 4.69) is 4.98 Å². The Balaban J connectivity index is 2.12. The van der Waals surface area contributed by atoms with Crippen LogP contribution in [0.3, 0.4) is 0 Å². The summed E-state index contributed by atoms with van der Waals surface area (Å²) in [7, 11) is 0. The van der Waals surface area contributed by atoms with Crippen molar-refractivity contribution >= 4 is 0 Å². The Morgan fingerprint density at radius 1 is 1.38 bits per heavy atom. The maximum absolute atomic E-state index is 5.43. The molecule has 1 fully saturated rings. The molecule has 0 aliphatic carbocycles. The first-order valence-electron chi connectivity index (χ1n) is 4.28. The van der Waals surface area contributed by atoms with Crippen LogP contribution in [0.1, 0.15) is 17.5 Å². The Labute approximate surface area is 76.7 Å². The lowest BCUT2D eigenvalue weighted by atomic mass is 10.2. The Morgan fingerprint density at radius 2 is 2.15 bits per heavy atom. The van der Waals surface area contributed by atoms with Gasteiger partial charge in [-0.05, 0) is 6.07 Å². The van der Waals surface area contributed by atoms with Crippen molar-refractivity contribution in [3.63, 3.8) is 0 Å². The van der Waals surface area contributed by atoms with Crippen molar-refractivity contribution in [3.05, 3.63) is 29.6 Å². The fourth-order valence-electron chi connectivity index (χ4n) is 1.25. The third-order valence-corrected chi connectivity index (χ3v) is 1.95. The Bertz CT molecular complexity index is 267. The number of nitrogens with two attached hydrogens (primary N) is 1. The predicted molar refractivity (Wildman–Crippen MR) is 46.8 cm³/mol. The number of rotatable bonds is 2. The van der Waals surface area contributed by atoms with E-state index in [1.165, 1.54) is 0 Å². The van der Waals surface area contributed by atoms with Gasteiger partial charge in [0.2, 0.25) is 0 Å². The van der Waals surface area contributed by atoms with Crippen molar-refractivity contribution in [1.82, 2.24) is 4.98 Å². The predicted octanol–water partition coefficient (Wildman–Crippen LogP) is 0.586. The summed E-state index contributed by atoms with van der Waals surface area (Å²) in [6.45, 7) is 1.78. The second-order valence-electron chi connectivity index (χ2n) is 2.86. The lowest BCUT2D eigenvalue weighted by Crippen LogP contribution is -2.02. The molecule has 0 unspecified atom stereocenters. The van der Waals surface area contributed by atoms with Gasteiger partial charge in [-0.25, -0.2) is 0 Å². The summed E-state index contributed by atoms with van der Waals surface area (Å²) < 4.78 is 10.6. The average Bonchev–Trinajstić information content (AvgIpc) is 2.71. The first kappa shape index (κ1) is 8.62. The standard InChI is InChI=1S/C9H12N2O2/c10-5-8-2-1-7(6-11-8)9-12-3-4-13-9/h1-2,6,9H,3-5,10H2. The van der Waals surface area contributed by atoms with E-state index >= 15 is 0 Å². The Kier molecular flexibility index (Phi) is 2.54. The Hall–Kier alpha value is -0.970. The van der Waals surface area contributed by atoms with E-state index in [4.69, 9.17) is 15.2 Å². The van der Waals surface area contributed by atoms with Gasteiger partial charge >= 0.3 is 0 Å². The van der Waals surface area contributed by atoms with E-state index in [9.17, 15) is 0 Å². The quantitative estimate of drug-likeness (QED) is 0.723. The minimum absolute atomic E-state index is 0.237. The summed E-state index contributed by atoms with van der Waals surface area (Å²) in [5.74, 6) is 0. The van der Waals surface area contributed by atoms with Crippen molar-refractivity contribution in [2.75, 3.05) is 13.2 Å². The van der Waals surface area contributed by atoms with Crippen molar-refractivity contribution in [2.45, 2.75) is 12.8 Å². The van der Waals surface area contributed by atoms with Crippen LogP contribution in [0.5, 0.6) is 0 Å². The lowest BCUT2D eigenvalue weighted by Gasteiger charge is -2.08. The fraction of sp³-hybridized carbons (Fsp3) is 0.444. The molecule has 0 saturated carbocycles. The van der Waals surface area contributed by atoms with Gasteiger partial charge in [-0.15, -0.1) is 0 Å². The molecule has 0 radical (unpaired) electrons. The lowest BCUT2D eigenvalue weighted by molar-refractivity contribution is -0.0443. The fourth-order valence-corrected chi connectivity index (χ4v) is 1.25. The SMILES string of the molecule is NCc1ccc(C2OCCO2)cn1. The number of hydrogen-bond donors (Lipinski definition) is 1. The molecule has 13 heavy (non-hydrogen) atoms. The highest BCUT2D eigenvalue weighted by Gasteiger charge is 2.17. The topological polar surface area (TPSA) is 57.4 Å². The maximum Gasteiger partial charge on any atom is 0.185 e. The molecule has 0 spiro atoms. The highest BCUT2D eigenvalue weighted by atomic mass is 16.7. The van der Waals surface area contributed by atoms with Gasteiger partial charge in [0.1, 0.15) is 0 Å². The van der Waals surface area contributed by atoms with Crippen LogP contribution >= 0.6 is 0 Å². The van der Waals surface area contributed by atoms with E-state index in [0.717, 1.165) is 11.3 Å². The van der Waals surface area contributed by atoms with Crippen molar-refractivity contribution < 1.29 is 9.47 Å². The molecule has 0 atom stereocenters. The second kappa shape index (κ2) is 3.83. The second-order valence-corrected chi connectivity index (χ2v) is 2.86. The number of ether oxygens (including phenoxy) is 2. The zero-order valence-corrected chi connectivity index (χ0v) is 7.27. The van der Waals surface area contributed by atoms with Gasteiger partial charge in [-0.2, -0.15) is 0 Å². The zero-order valence-electron chi connectivity index (χ0n) is 7.27. The molecule has 2 N–H and O–H groups in total. The molecule has 4 nitrogen and oxygen atoms in total. The summed E-state index contributed by atoms with van der Waals surface area (Å²) >= 11 is 0. The normalized spacial score (nSPS) is 17.9. The van der Waals surface area contributed by atoms with Crippen molar-refractivity contribution in [2.24, 2.45) is 5.73 Å². The smallest absolute Gasteiger partial charge is 0.185 e. The van der Waals surface area contributed by atoms with Crippen LogP contribution in [0.2, 0.25) is 0 Å². The van der Waals surface area contributed by atoms with Crippen molar-refractivity contribution in [1.29, 1.82) is 0 Å². The largest absolute Gasteiger partial charge is 0.346 e. The highest BCUT2D eigenvalue weighted by molar-refractivity contribution is 5.15. The molecule has 1 aromatic heterocycles. The van der Waals surface area contributed by atoms with Crippen LogP contribution in [0.25, 0.3) is 0 Å². The molecule has 1 aliphatic rings. The molecule has 1 saturated heterocycles. The molecule has 70 valence electrons. The highest BCUT2D eigenvalue weighted by Crippen LogP contribution is 2.22. The van der Waals surface area contributed by atoms with Crippen LogP contribution in [-0.4, -0.2) is 18.2 Å². The monoisotopic (exact) mass is 180 g/mol. The van der Waals surface area contributed by atoms with Crippen molar-refractivity contribution in [3.8, 4) is 0 Å². The van der Waals surface area contributed by atoms with E-state index in [0.29, 0.717) is 19.8 Å². The molecule has 0 aromatic carbocycles. The molecular weight excluding hydrogens is 168 g/mol. The van der Waals surface area contributed by atoms with E-state index in [1.54, 1.807) is 6.20 Å². The van der Waals surface area contributed by atoms with Gasteiger partial charge in [0, 0.05) is 18.3 Å². The van der Waals surface area contributed by atoms with Gasteiger partial charge in [-0.1, -0.05) is 6.07 Å². The zero-order chi connectivity index (χ0) is 9.10. The molecule has 2 rings (SSSR count). The number of nitrogens with zero attached hydrogens (tertiary/aromatic N) is 1. The summed E-state index contributed by atoms with van der Waals surface area (Å²) in [5.41, 5.74) is 7.26. The third kappa shape index (κ3) is 1.85. The molecule has 1 aromatic rings.